The molecule has 0 N–H and O–H groups in total. The van der Waals surface area contributed by atoms with Gasteiger partial charge in [0, 0.05) is 23.4 Å². The second kappa shape index (κ2) is 5.84. The van der Waals surface area contributed by atoms with Crippen molar-refractivity contribution in [3.63, 3.8) is 0 Å². The minimum absolute atomic E-state index is 0.203. The second-order valence-electron chi connectivity index (χ2n) is 6.13. The van der Waals surface area contributed by atoms with Crippen molar-refractivity contribution >= 4 is 17.2 Å². The lowest BCUT2D eigenvalue weighted by Crippen LogP contribution is -2.47. The zero-order valence-electron chi connectivity index (χ0n) is 12.5. The number of aryl methyl sites for hydroxylation is 2. The van der Waals surface area contributed by atoms with Crippen molar-refractivity contribution in [2.24, 2.45) is 5.92 Å². The standard InChI is InChI=1S/C16H24N2OS/c1-3-13-6-4-5-9-18(13)16(19)12-7-8-14-15(10-12)20-11(2)17-14/h12-13H,3-10H2,1-2H3. The summed E-state index contributed by atoms with van der Waals surface area (Å²) in [5, 5.41) is 1.15. The molecule has 1 saturated heterocycles. The average molecular weight is 292 g/mol. The lowest BCUT2D eigenvalue weighted by atomic mass is 9.88. The van der Waals surface area contributed by atoms with Gasteiger partial charge in [0.1, 0.15) is 0 Å². The predicted molar refractivity (Wildman–Crippen MR) is 82.0 cm³/mol. The van der Waals surface area contributed by atoms with Crippen LogP contribution in [0.5, 0.6) is 0 Å². The summed E-state index contributed by atoms with van der Waals surface area (Å²) in [6, 6.07) is 0.487. The van der Waals surface area contributed by atoms with E-state index in [1.807, 2.05) is 0 Å². The van der Waals surface area contributed by atoms with Crippen molar-refractivity contribution < 1.29 is 4.79 Å². The highest BCUT2D eigenvalue weighted by atomic mass is 32.1. The number of thiazole rings is 1. The first-order valence-electron chi connectivity index (χ1n) is 7.94. The summed E-state index contributed by atoms with van der Waals surface area (Å²) in [7, 11) is 0. The number of fused-ring (bicyclic) bond motifs is 1. The van der Waals surface area contributed by atoms with Gasteiger partial charge in [-0.1, -0.05) is 6.92 Å². The minimum atomic E-state index is 0.203. The van der Waals surface area contributed by atoms with Crippen LogP contribution in [0.3, 0.4) is 0 Å². The van der Waals surface area contributed by atoms with E-state index >= 15 is 0 Å². The molecule has 0 radical (unpaired) electrons. The summed E-state index contributed by atoms with van der Waals surface area (Å²) in [5.74, 6) is 0.614. The van der Waals surface area contributed by atoms with E-state index in [-0.39, 0.29) is 5.92 Å². The summed E-state index contributed by atoms with van der Waals surface area (Å²) in [6.45, 7) is 5.25. The number of piperidine rings is 1. The Bertz CT molecular complexity index is 497. The molecule has 2 unspecified atom stereocenters. The maximum absolute atomic E-state index is 12.8. The topological polar surface area (TPSA) is 33.2 Å². The van der Waals surface area contributed by atoms with Gasteiger partial charge < -0.3 is 4.90 Å². The van der Waals surface area contributed by atoms with Gasteiger partial charge in [-0.2, -0.15) is 0 Å². The molecule has 20 heavy (non-hydrogen) atoms. The first kappa shape index (κ1) is 14.1. The molecule has 0 spiro atoms. The van der Waals surface area contributed by atoms with Gasteiger partial charge in [-0.05, 0) is 51.9 Å². The molecule has 4 heteroatoms. The molecule has 0 aromatic carbocycles. The number of likely N-dealkylation sites (tertiary alicyclic amines) is 1. The number of hydrogen-bond acceptors (Lipinski definition) is 3. The molecule has 1 fully saturated rings. The minimum Gasteiger partial charge on any atom is -0.339 e. The van der Waals surface area contributed by atoms with Crippen molar-refractivity contribution in [3.05, 3.63) is 15.6 Å². The summed E-state index contributed by atoms with van der Waals surface area (Å²) >= 11 is 1.78. The van der Waals surface area contributed by atoms with E-state index in [9.17, 15) is 4.79 Å². The van der Waals surface area contributed by atoms with E-state index in [1.165, 1.54) is 29.8 Å². The number of carbonyl (C=O) groups excluding carboxylic acids is 1. The Balaban J connectivity index is 1.71. The first-order chi connectivity index (χ1) is 9.69. The lowest BCUT2D eigenvalue weighted by Gasteiger charge is -2.38. The molecule has 1 aromatic rings. The van der Waals surface area contributed by atoms with Gasteiger partial charge >= 0.3 is 0 Å². The van der Waals surface area contributed by atoms with Gasteiger partial charge in [-0.15, -0.1) is 11.3 Å². The average Bonchev–Trinajstić information content (AvgIpc) is 2.85. The monoisotopic (exact) mass is 292 g/mol. The van der Waals surface area contributed by atoms with Crippen molar-refractivity contribution in [3.8, 4) is 0 Å². The SMILES string of the molecule is CCC1CCCCN1C(=O)C1CCc2nc(C)sc2C1. The quantitative estimate of drug-likeness (QED) is 0.837. The Morgan fingerprint density at radius 3 is 3.05 bits per heavy atom. The maximum Gasteiger partial charge on any atom is 0.226 e. The third kappa shape index (κ3) is 2.62. The van der Waals surface area contributed by atoms with Crippen LogP contribution in [0, 0.1) is 12.8 Å². The number of rotatable bonds is 2. The summed E-state index contributed by atoms with van der Waals surface area (Å²) < 4.78 is 0. The molecule has 0 bridgehead atoms. The van der Waals surface area contributed by atoms with Crippen LogP contribution >= 0.6 is 11.3 Å². The fraction of sp³-hybridized carbons (Fsp3) is 0.750. The Kier molecular flexibility index (Phi) is 4.11. The molecule has 1 aromatic heterocycles. The number of hydrogen-bond donors (Lipinski definition) is 0. The molecule has 110 valence electrons. The molecule has 3 nitrogen and oxygen atoms in total. The normalized spacial score (nSPS) is 26.4. The van der Waals surface area contributed by atoms with Gasteiger partial charge in [0.15, 0.2) is 0 Å². The molecule has 1 amide bonds. The van der Waals surface area contributed by atoms with E-state index in [1.54, 1.807) is 11.3 Å². The number of carbonyl (C=O) groups is 1. The molecular weight excluding hydrogens is 268 g/mol. The van der Waals surface area contributed by atoms with Crippen LogP contribution < -0.4 is 0 Å². The summed E-state index contributed by atoms with van der Waals surface area (Å²) in [5.41, 5.74) is 1.25. The van der Waals surface area contributed by atoms with E-state index in [0.29, 0.717) is 11.9 Å². The molecule has 3 rings (SSSR count). The van der Waals surface area contributed by atoms with Gasteiger partial charge in [0.2, 0.25) is 5.91 Å². The molecule has 2 atom stereocenters. The van der Waals surface area contributed by atoms with Crippen LogP contribution in [0.1, 0.15) is 54.6 Å². The van der Waals surface area contributed by atoms with Crippen molar-refractivity contribution in [2.75, 3.05) is 6.54 Å². The van der Waals surface area contributed by atoms with Crippen LogP contribution in [0.25, 0.3) is 0 Å². The van der Waals surface area contributed by atoms with Gasteiger partial charge in [0.25, 0.3) is 0 Å². The fourth-order valence-electron chi connectivity index (χ4n) is 3.66. The molecule has 1 aliphatic carbocycles. The molecule has 2 aliphatic rings. The second-order valence-corrected chi connectivity index (χ2v) is 7.42. The molecular formula is C16H24N2OS. The third-order valence-electron chi connectivity index (χ3n) is 4.78. The Morgan fingerprint density at radius 2 is 2.25 bits per heavy atom. The zero-order valence-corrected chi connectivity index (χ0v) is 13.3. The lowest BCUT2D eigenvalue weighted by molar-refractivity contribution is -0.139. The van der Waals surface area contributed by atoms with Crippen molar-refractivity contribution in [1.82, 2.24) is 9.88 Å². The summed E-state index contributed by atoms with van der Waals surface area (Å²) in [4.78, 5) is 21.0. The largest absolute Gasteiger partial charge is 0.339 e. The zero-order chi connectivity index (χ0) is 14.1. The highest BCUT2D eigenvalue weighted by molar-refractivity contribution is 7.11. The Labute approximate surface area is 125 Å². The number of nitrogens with zero attached hydrogens (tertiary/aromatic N) is 2. The number of aromatic nitrogens is 1. The van der Waals surface area contributed by atoms with Gasteiger partial charge in [0.05, 0.1) is 10.7 Å². The first-order valence-corrected chi connectivity index (χ1v) is 8.76. The van der Waals surface area contributed by atoms with Crippen LogP contribution in [0.15, 0.2) is 0 Å². The van der Waals surface area contributed by atoms with Gasteiger partial charge in [-0.3, -0.25) is 4.79 Å². The highest BCUT2D eigenvalue weighted by Gasteiger charge is 2.33. The van der Waals surface area contributed by atoms with E-state index in [4.69, 9.17) is 0 Å². The van der Waals surface area contributed by atoms with Crippen LogP contribution in [-0.4, -0.2) is 28.4 Å². The van der Waals surface area contributed by atoms with Gasteiger partial charge in [-0.25, -0.2) is 4.98 Å². The van der Waals surface area contributed by atoms with Crippen LogP contribution in [-0.2, 0) is 17.6 Å². The Morgan fingerprint density at radius 1 is 1.40 bits per heavy atom. The van der Waals surface area contributed by atoms with E-state index in [2.05, 4.69) is 23.7 Å². The molecule has 2 heterocycles. The smallest absolute Gasteiger partial charge is 0.226 e. The Hall–Kier alpha value is -0.900. The van der Waals surface area contributed by atoms with Crippen molar-refractivity contribution in [2.45, 2.75) is 64.8 Å². The van der Waals surface area contributed by atoms with E-state index < -0.39 is 0 Å². The van der Waals surface area contributed by atoms with Crippen LogP contribution in [0.4, 0.5) is 0 Å². The molecule has 1 aliphatic heterocycles. The third-order valence-corrected chi connectivity index (χ3v) is 5.81. The maximum atomic E-state index is 12.8. The van der Waals surface area contributed by atoms with E-state index in [0.717, 1.165) is 37.2 Å². The highest BCUT2D eigenvalue weighted by Crippen LogP contribution is 2.32. The summed E-state index contributed by atoms with van der Waals surface area (Å²) in [6.07, 6.45) is 7.66. The fourth-order valence-corrected chi connectivity index (χ4v) is 4.73. The van der Waals surface area contributed by atoms with Crippen molar-refractivity contribution in [1.29, 1.82) is 0 Å². The van der Waals surface area contributed by atoms with Crippen LogP contribution in [0.2, 0.25) is 0 Å². The molecule has 0 saturated carbocycles. The number of amides is 1. The predicted octanol–water partition coefficient (Wildman–Crippen LogP) is 3.35.